The Bertz CT molecular complexity index is 1190. The van der Waals surface area contributed by atoms with Crippen molar-refractivity contribution in [3.05, 3.63) is 70.5 Å². The van der Waals surface area contributed by atoms with Gasteiger partial charge in [0, 0.05) is 11.9 Å². The molecule has 2 aromatic heterocycles. The third-order valence-electron chi connectivity index (χ3n) is 4.01. The minimum atomic E-state index is -0.355. The van der Waals surface area contributed by atoms with Crippen LogP contribution in [0.3, 0.4) is 0 Å². The lowest BCUT2D eigenvalue weighted by Crippen LogP contribution is -2.12. The first-order valence-electron chi connectivity index (χ1n) is 8.18. The highest BCUT2D eigenvalue weighted by atomic mass is 35.5. The molecule has 0 unspecified atom stereocenters. The molecule has 0 bridgehead atoms. The van der Waals surface area contributed by atoms with Gasteiger partial charge < -0.3 is 10.1 Å². The Morgan fingerprint density at radius 3 is 2.64 bits per heavy atom. The van der Waals surface area contributed by atoms with Crippen LogP contribution in [-0.2, 0) is 0 Å². The van der Waals surface area contributed by atoms with E-state index in [2.05, 4.69) is 20.5 Å². The van der Waals surface area contributed by atoms with Crippen LogP contribution in [0.25, 0.3) is 16.7 Å². The molecule has 1 amide bonds. The maximum Gasteiger partial charge on any atom is 0.258 e. The number of methoxy groups -OCH3 is 1. The van der Waals surface area contributed by atoms with Gasteiger partial charge in [-0.15, -0.1) is 10.2 Å². The van der Waals surface area contributed by atoms with E-state index in [1.54, 1.807) is 55.6 Å². The molecule has 0 aliphatic heterocycles. The van der Waals surface area contributed by atoms with Gasteiger partial charge in [0.25, 0.3) is 5.91 Å². The van der Waals surface area contributed by atoms with E-state index in [-0.39, 0.29) is 11.1 Å². The fraction of sp³-hybridized carbons (Fsp3) is 0.0526. The smallest absolute Gasteiger partial charge is 0.258 e. The monoisotopic (exact) mass is 413 g/mol. The number of pyridine rings is 1. The van der Waals surface area contributed by atoms with Crippen molar-refractivity contribution in [1.82, 2.24) is 20.0 Å². The third-order valence-corrected chi connectivity index (χ3v) is 4.60. The second-order valence-electron chi connectivity index (χ2n) is 5.81. The first kappa shape index (κ1) is 18.2. The number of fused-ring (bicyclic) bond motifs is 1. The van der Waals surface area contributed by atoms with Gasteiger partial charge in [-0.25, -0.2) is 4.98 Å². The van der Waals surface area contributed by atoms with E-state index in [1.807, 2.05) is 0 Å². The van der Waals surface area contributed by atoms with Crippen LogP contribution in [-0.4, -0.2) is 33.0 Å². The van der Waals surface area contributed by atoms with Gasteiger partial charge in [0.2, 0.25) is 0 Å². The molecule has 140 valence electrons. The van der Waals surface area contributed by atoms with E-state index in [0.29, 0.717) is 38.7 Å². The third kappa shape index (κ3) is 3.49. The molecule has 0 aliphatic rings. The van der Waals surface area contributed by atoms with E-state index in [4.69, 9.17) is 27.9 Å². The summed E-state index contributed by atoms with van der Waals surface area (Å²) >= 11 is 12.1. The topological polar surface area (TPSA) is 81.9 Å². The summed E-state index contributed by atoms with van der Waals surface area (Å²) in [5.74, 6) is 0.216. The molecule has 28 heavy (non-hydrogen) atoms. The zero-order chi connectivity index (χ0) is 19.7. The van der Waals surface area contributed by atoms with Gasteiger partial charge in [-0.3, -0.25) is 4.79 Å². The highest BCUT2D eigenvalue weighted by molar-refractivity contribution is 6.33. The molecule has 0 radical (unpaired) electrons. The average Bonchev–Trinajstić information content (AvgIpc) is 3.11. The highest BCUT2D eigenvalue weighted by Gasteiger charge is 2.13. The summed E-state index contributed by atoms with van der Waals surface area (Å²) in [6, 6.07) is 13.8. The van der Waals surface area contributed by atoms with E-state index in [1.165, 1.54) is 11.0 Å². The average molecular weight is 414 g/mol. The molecule has 0 fully saturated rings. The number of hydrogen-bond acceptors (Lipinski definition) is 5. The van der Waals surface area contributed by atoms with E-state index < -0.39 is 0 Å². The van der Waals surface area contributed by atoms with Crippen molar-refractivity contribution in [3.8, 4) is 11.4 Å². The van der Waals surface area contributed by atoms with Crippen LogP contribution >= 0.6 is 23.2 Å². The summed E-state index contributed by atoms with van der Waals surface area (Å²) < 4.78 is 5.16. The number of nitrogens with zero attached hydrogens (tertiary/aromatic N) is 4. The number of carbonyl (C=O) groups excluding carboxylic acids is 1. The normalized spacial score (nSPS) is 10.8. The largest absolute Gasteiger partial charge is 0.495 e. The Kier molecular flexibility index (Phi) is 4.85. The summed E-state index contributed by atoms with van der Waals surface area (Å²) in [6.45, 7) is 0. The Morgan fingerprint density at radius 1 is 1.07 bits per heavy atom. The predicted molar refractivity (Wildman–Crippen MR) is 108 cm³/mol. The predicted octanol–water partition coefficient (Wildman–Crippen LogP) is 4.38. The van der Waals surface area contributed by atoms with Crippen molar-refractivity contribution in [2.45, 2.75) is 0 Å². The molecule has 0 atom stereocenters. The van der Waals surface area contributed by atoms with E-state index in [0.717, 1.165) is 0 Å². The molecule has 4 aromatic rings. The van der Waals surface area contributed by atoms with Gasteiger partial charge in [-0.1, -0.05) is 23.2 Å². The molecule has 9 heteroatoms. The molecule has 7 nitrogen and oxygen atoms in total. The summed E-state index contributed by atoms with van der Waals surface area (Å²) in [4.78, 5) is 17.8. The summed E-state index contributed by atoms with van der Waals surface area (Å²) in [7, 11) is 1.55. The number of nitrogens with one attached hydrogen (secondary N) is 1. The summed E-state index contributed by atoms with van der Waals surface area (Å²) in [6.07, 6.45) is 1.52. The van der Waals surface area contributed by atoms with Crippen molar-refractivity contribution in [2.75, 3.05) is 12.4 Å². The van der Waals surface area contributed by atoms with Crippen LogP contribution in [0, 0.1) is 0 Å². The van der Waals surface area contributed by atoms with Crippen molar-refractivity contribution < 1.29 is 9.53 Å². The molecular weight excluding hydrogens is 401 g/mol. The van der Waals surface area contributed by atoms with Crippen LogP contribution in [0.4, 0.5) is 5.69 Å². The van der Waals surface area contributed by atoms with E-state index in [9.17, 15) is 4.79 Å². The Morgan fingerprint density at radius 2 is 1.89 bits per heavy atom. The van der Waals surface area contributed by atoms with Crippen molar-refractivity contribution >= 4 is 45.8 Å². The van der Waals surface area contributed by atoms with Crippen LogP contribution in [0.2, 0.25) is 10.2 Å². The van der Waals surface area contributed by atoms with Crippen LogP contribution in [0.15, 0.2) is 54.7 Å². The summed E-state index contributed by atoms with van der Waals surface area (Å²) in [5.41, 5.74) is 2.83. The van der Waals surface area contributed by atoms with Crippen molar-refractivity contribution in [1.29, 1.82) is 0 Å². The minimum Gasteiger partial charge on any atom is -0.495 e. The SMILES string of the molecule is COc1ccc(-n2nc3ccc(NC(=O)c4cccnc4Cl)cc3n2)cc1Cl. The fourth-order valence-corrected chi connectivity index (χ4v) is 3.10. The molecule has 0 spiro atoms. The van der Waals surface area contributed by atoms with Gasteiger partial charge in [0.05, 0.1) is 23.4 Å². The Labute approximate surface area is 169 Å². The number of ether oxygens (including phenoxy) is 1. The second-order valence-corrected chi connectivity index (χ2v) is 6.57. The highest BCUT2D eigenvalue weighted by Crippen LogP contribution is 2.27. The van der Waals surface area contributed by atoms with Gasteiger partial charge >= 0.3 is 0 Å². The van der Waals surface area contributed by atoms with Crippen molar-refractivity contribution in [2.24, 2.45) is 0 Å². The Balaban J connectivity index is 1.62. The number of benzene rings is 2. The lowest BCUT2D eigenvalue weighted by Gasteiger charge is -2.05. The fourth-order valence-electron chi connectivity index (χ4n) is 2.64. The van der Waals surface area contributed by atoms with Crippen molar-refractivity contribution in [3.63, 3.8) is 0 Å². The molecule has 4 rings (SSSR count). The first-order chi connectivity index (χ1) is 13.5. The van der Waals surface area contributed by atoms with E-state index >= 15 is 0 Å². The van der Waals surface area contributed by atoms with Crippen LogP contribution in [0.1, 0.15) is 10.4 Å². The first-order valence-corrected chi connectivity index (χ1v) is 8.93. The minimum absolute atomic E-state index is 0.142. The molecule has 0 aliphatic carbocycles. The summed E-state index contributed by atoms with van der Waals surface area (Å²) in [5, 5.41) is 12.3. The number of anilines is 1. The quantitative estimate of drug-likeness (QED) is 0.501. The zero-order valence-corrected chi connectivity index (χ0v) is 16.1. The zero-order valence-electron chi connectivity index (χ0n) is 14.6. The molecule has 2 aromatic carbocycles. The molecule has 0 saturated heterocycles. The number of rotatable bonds is 4. The molecule has 1 N–H and O–H groups in total. The number of halogens is 2. The lowest BCUT2D eigenvalue weighted by molar-refractivity contribution is 0.102. The maximum atomic E-state index is 12.4. The molecule has 2 heterocycles. The van der Waals surface area contributed by atoms with Gasteiger partial charge in [-0.05, 0) is 48.5 Å². The number of amides is 1. The molecule has 0 saturated carbocycles. The number of hydrogen-bond donors (Lipinski definition) is 1. The number of carbonyl (C=O) groups is 1. The van der Waals surface area contributed by atoms with Gasteiger partial charge in [0.1, 0.15) is 21.9 Å². The van der Waals surface area contributed by atoms with Crippen LogP contribution < -0.4 is 10.1 Å². The number of aromatic nitrogens is 4. The maximum absolute atomic E-state index is 12.4. The Hall–Kier alpha value is -3.16. The van der Waals surface area contributed by atoms with Gasteiger partial charge in [0.15, 0.2) is 0 Å². The van der Waals surface area contributed by atoms with Gasteiger partial charge in [-0.2, -0.15) is 4.80 Å². The molecular formula is C19H13Cl2N5O2. The second kappa shape index (κ2) is 7.46. The standard InChI is InChI=1S/C19H13Cl2N5O2/c1-28-17-7-5-12(10-14(17)20)26-24-15-6-4-11(9-16(15)25-26)23-19(27)13-3-2-8-22-18(13)21/h2-10H,1H3,(H,23,27). The van der Waals surface area contributed by atoms with Crippen LogP contribution in [0.5, 0.6) is 5.75 Å². The lowest BCUT2D eigenvalue weighted by atomic mass is 10.2.